The minimum Gasteiger partial charge on any atom is -0.313 e. The Morgan fingerprint density at radius 2 is 2.10 bits per heavy atom. The highest BCUT2D eigenvalue weighted by Gasteiger charge is 2.15. The molecule has 0 aromatic heterocycles. The van der Waals surface area contributed by atoms with Gasteiger partial charge in [0.1, 0.15) is 5.82 Å². The van der Waals surface area contributed by atoms with E-state index in [4.69, 9.17) is 11.6 Å². The molecule has 0 fully saturated rings. The van der Waals surface area contributed by atoms with E-state index in [1.165, 1.54) is 6.07 Å². The summed E-state index contributed by atoms with van der Waals surface area (Å²) < 4.78 is 13.9. The van der Waals surface area contributed by atoms with E-state index in [-0.39, 0.29) is 11.9 Å². The molecule has 1 N–H and O–H groups in total. The number of thioether (sulfide) groups is 1. The third kappa shape index (κ3) is 6.02. The minimum absolute atomic E-state index is 0.200. The van der Waals surface area contributed by atoms with Crippen LogP contribution in [0.3, 0.4) is 0 Å². The molecule has 4 heteroatoms. The normalized spacial score (nSPS) is 14.2. The summed E-state index contributed by atoms with van der Waals surface area (Å²) in [4.78, 5) is 0. The first kappa shape index (κ1) is 17.8. The maximum atomic E-state index is 13.9. The van der Waals surface area contributed by atoms with Gasteiger partial charge in [0.05, 0.1) is 0 Å². The Labute approximate surface area is 131 Å². The monoisotopic (exact) mass is 317 g/mol. The van der Waals surface area contributed by atoms with Crippen LogP contribution >= 0.6 is 23.4 Å². The molecule has 0 heterocycles. The molecule has 1 rings (SSSR count). The number of hydrogen-bond donors (Lipinski definition) is 1. The summed E-state index contributed by atoms with van der Waals surface area (Å²) in [6.07, 6.45) is 2.88. The van der Waals surface area contributed by atoms with E-state index < -0.39 is 0 Å². The fraction of sp³-hybridized carbons (Fsp3) is 0.625. The Bertz CT molecular complexity index is 380. The second kappa shape index (κ2) is 9.64. The minimum atomic E-state index is -0.200. The average molecular weight is 318 g/mol. The Morgan fingerprint density at radius 1 is 1.35 bits per heavy atom. The predicted molar refractivity (Wildman–Crippen MR) is 89.4 cm³/mol. The zero-order valence-electron chi connectivity index (χ0n) is 12.6. The average Bonchev–Trinajstić information content (AvgIpc) is 2.44. The number of hydrogen-bond acceptors (Lipinski definition) is 2. The molecule has 0 saturated heterocycles. The molecule has 1 aromatic carbocycles. The highest BCUT2D eigenvalue weighted by molar-refractivity contribution is 7.99. The van der Waals surface area contributed by atoms with Crippen molar-refractivity contribution in [1.29, 1.82) is 0 Å². The highest BCUT2D eigenvalue weighted by Crippen LogP contribution is 2.23. The van der Waals surface area contributed by atoms with Crippen molar-refractivity contribution >= 4 is 23.4 Å². The molecule has 1 nitrogen and oxygen atoms in total. The molecular weight excluding hydrogens is 293 g/mol. The number of nitrogens with one attached hydrogen (secondary N) is 1. The summed E-state index contributed by atoms with van der Waals surface area (Å²) in [6.45, 7) is 7.53. The maximum absolute atomic E-state index is 13.9. The second-order valence-electron chi connectivity index (χ2n) is 5.11. The first-order valence-electron chi connectivity index (χ1n) is 7.36. The van der Waals surface area contributed by atoms with Gasteiger partial charge in [0.25, 0.3) is 0 Å². The van der Waals surface area contributed by atoms with Gasteiger partial charge in [-0.2, -0.15) is 11.8 Å². The van der Waals surface area contributed by atoms with Gasteiger partial charge < -0.3 is 5.32 Å². The molecule has 0 spiro atoms. The van der Waals surface area contributed by atoms with Crippen LogP contribution in [-0.4, -0.2) is 23.6 Å². The smallest absolute Gasteiger partial charge is 0.127 e. The molecule has 0 aliphatic rings. The lowest BCUT2D eigenvalue weighted by Gasteiger charge is -2.21. The van der Waals surface area contributed by atoms with Crippen molar-refractivity contribution in [2.45, 2.75) is 51.3 Å². The Kier molecular flexibility index (Phi) is 8.58. The molecular formula is C16H25ClFNS. The number of halogens is 2. The van der Waals surface area contributed by atoms with Crippen LogP contribution in [0.5, 0.6) is 0 Å². The van der Waals surface area contributed by atoms with Crippen molar-refractivity contribution < 1.29 is 4.39 Å². The van der Waals surface area contributed by atoms with E-state index in [1.54, 1.807) is 12.1 Å². The van der Waals surface area contributed by atoms with Crippen LogP contribution in [0, 0.1) is 5.82 Å². The van der Waals surface area contributed by atoms with Crippen molar-refractivity contribution in [2.75, 3.05) is 12.3 Å². The van der Waals surface area contributed by atoms with E-state index in [0.29, 0.717) is 22.3 Å². The van der Waals surface area contributed by atoms with Crippen molar-refractivity contribution in [3.8, 4) is 0 Å². The van der Waals surface area contributed by atoms with Gasteiger partial charge in [0.2, 0.25) is 0 Å². The van der Waals surface area contributed by atoms with Crippen LogP contribution < -0.4 is 5.32 Å². The third-order valence-electron chi connectivity index (χ3n) is 3.35. The van der Waals surface area contributed by atoms with Crippen LogP contribution in [0.15, 0.2) is 18.2 Å². The first-order chi connectivity index (χ1) is 9.58. The lowest BCUT2D eigenvalue weighted by Crippen LogP contribution is -2.34. The molecule has 114 valence electrons. The third-order valence-corrected chi connectivity index (χ3v) is 5.20. The van der Waals surface area contributed by atoms with Gasteiger partial charge in [-0.25, -0.2) is 4.39 Å². The molecule has 0 amide bonds. The van der Waals surface area contributed by atoms with E-state index in [0.717, 1.165) is 25.1 Å². The summed E-state index contributed by atoms with van der Waals surface area (Å²) in [5, 5.41) is 4.67. The quantitative estimate of drug-likeness (QED) is 0.693. The molecule has 20 heavy (non-hydrogen) atoms. The number of rotatable bonds is 9. The molecule has 0 bridgehead atoms. The maximum Gasteiger partial charge on any atom is 0.127 e. The largest absolute Gasteiger partial charge is 0.313 e. The van der Waals surface area contributed by atoms with Gasteiger partial charge in [0.15, 0.2) is 0 Å². The fourth-order valence-corrected chi connectivity index (χ4v) is 3.18. The van der Waals surface area contributed by atoms with Crippen molar-refractivity contribution in [2.24, 2.45) is 0 Å². The van der Waals surface area contributed by atoms with Gasteiger partial charge >= 0.3 is 0 Å². The summed E-state index contributed by atoms with van der Waals surface area (Å²) in [5.74, 6) is 0.786. The van der Waals surface area contributed by atoms with Gasteiger partial charge in [0, 0.05) is 27.6 Å². The van der Waals surface area contributed by atoms with Crippen molar-refractivity contribution in [1.82, 2.24) is 5.32 Å². The summed E-state index contributed by atoms with van der Waals surface area (Å²) in [5.41, 5.74) is 0.632. The standard InChI is InChI=1S/C16H25ClFNS/c1-4-9-19-13(11-20-12(3)5-2)10-14-15(17)7-6-8-16(14)18/h6-8,12-13,19H,4-5,9-11H2,1-3H3. The van der Waals surface area contributed by atoms with Gasteiger partial charge in [-0.15, -0.1) is 0 Å². The van der Waals surface area contributed by atoms with Gasteiger partial charge in [-0.1, -0.05) is 38.4 Å². The predicted octanol–water partition coefficient (Wildman–Crippen LogP) is 4.92. The summed E-state index contributed by atoms with van der Waals surface area (Å²) in [6, 6.07) is 5.17. The van der Waals surface area contributed by atoms with Crippen LogP contribution in [0.1, 0.15) is 39.2 Å². The first-order valence-corrected chi connectivity index (χ1v) is 8.79. The van der Waals surface area contributed by atoms with Gasteiger partial charge in [-0.05, 0) is 37.9 Å². The molecule has 1 aromatic rings. The SMILES string of the molecule is CCCNC(CSC(C)CC)Cc1c(F)cccc1Cl. The van der Waals surface area contributed by atoms with Gasteiger partial charge in [-0.3, -0.25) is 0 Å². The Morgan fingerprint density at radius 3 is 2.70 bits per heavy atom. The number of benzene rings is 1. The topological polar surface area (TPSA) is 12.0 Å². The lowest BCUT2D eigenvalue weighted by molar-refractivity contribution is 0.530. The van der Waals surface area contributed by atoms with Crippen molar-refractivity contribution in [3.05, 3.63) is 34.6 Å². The molecule has 2 unspecified atom stereocenters. The molecule has 0 radical (unpaired) electrons. The molecule has 0 aliphatic heterocycles. The van der Waals surface area contributed by atoms with Crippen LogP contribution in [-0.2, 0) is 6.42 Å². The zero-order valence-corrected chi connectivity index (χ0v) is 14.2. The summed E-state index contributed by atoms with van der Waals surface area (Å²) in [7, 11) is 0. The van der Waals surface area contributed by atoms with Crippen LogP contribution in [0.25, 0.3) is 0 Å². The lowest BCUT2D eigenvalue weighted by atomic mass is 10.1. The summed E-state index contributed by atoms with van der Waals surface area (Å²) >= 11 is 8.06. The molecule has 2 atom stereocenters. The Hall–Kier alpha value is -0.250. The molecule has 0 saturated carbocycles. The second-order valence-corrected chi connectivity index (χ2v) is 6.99. The van der Waals surface area contributed by atoms with E-state index in [9.17, 15) is 4.39 Å². The van der Waals surface area contributed by atoms with E-state index in [2.05, 4.69) is 26.1 Å². The van der Waals surface area contributed by atoms with Crippen LogP contribution in [0.2, 0.25) is 5.02 Å². The van der Waals surface area contributed by atoms with E-state index in [1.807, 2.05) is 11.8 Å². The highest BCUT2D eigenvalue weighted by atomic mass is 35.5. The Balaban J connectivity index is 2.68. The van der Waals surface area contributed by atoms with E-state index >= 15 is 0 Å². The van der Waals surface area contributed by atoms with Crippen LogP contribution in [0.4, 0.5) is 4.39 Å². The fourth-order valence-electron chi connectivity index (χ4n) is 1.91. The molecule has 0 aliphatic carbocycles. The van der Waals surface area contributed by atoms with Crippen molar-refractivity contribution in [3.63, 3.8) is 0 Å². The zero-order chi connectivity index (χ0) is 15.0.